The second-order valence-corrected chi connectivity index (χ2v) is 7.13. The minimum atomic E-state index is -4.21. The van der Waals surface area contributed by atoms with Gasteiger partial charge in [-0.25, -0.2) is 18.1 Å². The summed E-state index contributed by atoms with van der Waals surface area (Å²) in [6.45, 7) is 0. The molecule has 1 aliphatic rings. The van der Waals surface area contributed by atoms with Gasteiger partial charge < -0.3 is 0 Å². The summed E-state index contributed by atoms with van der Waals surface area (Å²) in [5, 5.41) is 0.0404. The van der Waals surface area contributed by atoms with Gasteiger partial charge >= 0.3 is 6.18 Å². The van der Waals surface area contributed by atoms with Crippen molar-refractivity contribution in [1.29, 1.82) is 0 Å². The molecule has 118 valence electrons. The zero-order valence-corrected chi connectivity index (χ0v) is 12.5. The molecule has 1 fully saturated rings. The highest BCUT2D eigenvalue weighted by Crippen LogP contribution is 2.37. The van der Waals surface area contributed by atoms with Crippen molar-refractivity contribution in [2.24, 2.45) is 5.92 Å². The number of hydrogen-bond acceptors (Lipinski definition) is 3. The summed E-state index contributed by atoms with van der Waals surface area (Å²) in [4.78, 5) is 3.64. The normalized spacial score (nSPS) is 24.0. The van der Waals surface area contributed by atoms with E-state index in [1.807, 2.05) is 0 Å². The van der Waals surface area contributed by atoms with Crippen LogP contribution >= 0.6 is 11.6 Å². The lowest BCUT2D eigenvalue weighted by molar-refractivity contribution is -0.182. The number of halogens is 4. The lowest BCUT2D eigenvalue weighted by Crippen LogP contribution is -2.40. The fourth-order valence-electron chi connectivity index (χ4n) is 2.38. The molecule has 1 saturated carbocycles. The van der Waals surface area contributed by atoms with Crippen LogP contribution in [0.1, 0.15) is 25.7 Å². The van der Waals surface area contributed by atoms with Crippen LogP contribution in [0.5, 0.6) is 0 Å². The van der Waals surface area contributed by atoms with E-state index in [1.54, 1.807) is 0 Å². The van der Waals surface area contributed by atoms with E-state index in [0.29, 0.717) is 0 Å². The van der Waals surface area contributed by atoms with Crippen molar-refractivity contribution in [3.05, 3.63) is 23.5 Å². The van der Waals surface area contributed by atoms with Crippen molar-refractivity contribution < 1.29 is 21.6 Å². The van der Waals surface area contributed by atoms with Crippen LogP contribution in [0.4, 0.5) is 13.2 Å². The molecule has 21 heavy (non-hydrogen) atoms. The van der Waals surface area contributed by atoms with E-state index in [-0.39, 0.29) is 35.7 Å². The van der Waals surface area contributed by atoms with E-state index >= 15 is 0 Å². The molecular formula is C12H14ClF3N2O2S. The highest BCUT2D eigenvalue weighted by Gasteiger charge is 2.41. The summed E-state index contributed by atoms with van der Waals surface area (Å²) < 4.78 is 64.3. The third kappa shape index (κ3) is 4.31. The van der Waals surface area contributed by atoms with Gasteiger partial charge in [0, 0.05) is 12.2 Å². The largest absolute Gasteiger partial charge is 0.391 e. The standard InChI is InChI=1S/C12H14ClF3N2O2S/c13-11-7-10(5-6-17-11)21(19,20)18-9-3-1-8(2-4-9)12(14,15)16/h5-9,18H,1-4H2. The highest BCUT2D eigenvalue weighted by atomic mass is 35.5. The molecule has 0 aliphatic heterocycles. The van der Waals surface area contributed by atoms with Gasteiger partial charge in [-0.1, -0.05) is 11.6 Å². The van der Waals surface area contributed by atoms with Crippen LogP contribution in [0, 0.1) is 5.92 Å². The monoisotopic (exact) mass is 342 g/mol. The smallest absolute Gasteiger partial charge is 0.244 e. The van der Waals surface area contributed by atoms with E-state index in [1.165, 1.54) is 18.3 Å². The van der Waals surface area contributed by atoms with Crippen LogP contribution in [-0.2, 0) is 10.0 Å². The first-order chi connectivity index (χ1) is 9.68. The Bertz CT molecular complexity index is 599. The number of pyridine rings is 1. The average Bonchev–Trinajstić information content (AvgIpc) is 2.38. The van der Waals surface area contributed by atoms with Crippen LogP contribution in [-0.4, -0.2) is 25.6 Å². The summed E-state index contributed by atoms with van der Waals surface area (Å²) in [6, 6.07) is 2.00. The van der Waals surface area contributed by atoms with Gasteiger partial charge in [0.05, 0.1) is 10.8 Å². The molecule has 0 bridgehead atoms. The Morgan fingerprint density at radius 1 is 1.24 bits per heavy atom. The molecule has 0 spiro atoms. The van der Waals surface area contributed by atoms with Gasteiger partial charge in [0.15, 0.2) is 0 Å². The first-order valence-corrected chi connectivity index (χ1v) is 8.25. The molecule has 0 aromatic carbocycles. The summed E-state index contributed by atoms with van der Waals surface area (Å²) >= 11 is 5.63. The van der Waals surface area contributed by atoms with Crippen LogP contribution in [0.2, 0.25) is 5.15 Å². The predicted octanol–water partition coefficient (Wildman–Crippen LogP) is 3.13. The van der Waals surface area contributed by atoms with Crippen LogP contribution in [0.25, 0.3) is 0 Å². The minimum Gasteiger partial charge on any atom is -0.244 e. The molecule has 0 radical (unpaired) electrons. The Morgan fingerprint density at radius 2 is 1.86 bits per heavy atom. The van der Waals surface area contributed by atoms with Crippen molar-refractivity contribution in [2.45, 2.75) is 42.8 Å². The molecule has 1 aromatic heterocycles. The van der Waals surface area contributed by atoms with E-state index in [9.17, 15) is 21.6 Å². The summed E-state index contributed by atoms with van der Waals surface area (Å²) in [5.74, 6) is -1.34. The second kappa shape index (κ2) is 6.10. The molecule has 9 heteroatoms. The minimum absolute atomic E-state index is 0.0404. The molecule has 1 N–H and O–H groups in total. The Balaban J connectivity index is 2.00. The zero-order valence-electron chi connectivity index (χ0n) is 10.9. The van der Waals surface area contributed by atoms with Gasteiger partial charge in [-0.3, -0.25) is 0 Å². The molecule has 0 atom stereocenters. The zero-order chi connectivity index (χ0) is 15.7. The molecule has 4 nitrogen and oxygen atoms in total. The maximum Gasteiger partial charge on any atom is 0.391 e. The predicted molar refractivity (Wildman–Crippen MR) is 71.4 cm³/mol. The maximum absolute atomic E-state index is 12.6. The summed E-state index contributed by atoms with van der Waals surface area (Å²) in [7, 11) is -3.79. The molecular weight excluding hydrogens is 329 g/mol. The van der Waals surface area contributed by atoms with Gasteiger partial charge in [0.1, 0.15) is 5.15 Å². The van der Waals surface area contributed by atoms with Gasteiger partial charge in [0.25, 0.3) is 0 Å². The molecule has 0 unspecified atom stereocenters. The number of nitrogens with one attached hydrogen (secondary N) is 1. The third-order valence-corrected chi connectivity index (χ3v) is 5.25. The number of alkyl halides is 3. The van der Waals surface area contributed by atoms with E-state index in [4.69, 9.17) is 11.6 Å². The lowest BCUT2D eigenvalue weighted by Gasteiger charge is -2.30. The van der Waals surface area contributed by atoms with E-state index < -0.39 is 28.2 Å². The van der Waals surface area contributed by atoms with Crippen LogP contribution in [0.15, 0.2) is 23.2 Å². The van der Waals surface area contributed by atoms with E-state index in [2.05, 4.69) is 9.71 Å². The molecule has 1 aromatic rings. The van der Waals surface area contributed by atoms with Crippen molar-refractivity contribution in [1.82, 2.24) is 9.71 Å². The third-order valence-electron chi connectivity index (χ3n) is 3.52. The van der Waals surface area contributed by atoms with Gasteiger partial charge in [-0.15, -0.1) is 0 Å². The molecule has 0 amide bonds. The first-order valence-electron chi connectivity index (χ1n) is 6.39. The molecule has 1 heterocycles. The Morgan fingerprint density at radius 3 is 2.38 bits per heavy atom. The van der Waals surface area contributed by atoms with Crippen LogP contribution < -0.4 is 4.72 Å². The van der Waals surface area contributed by atoms with Crippen molar-refractivity contribution in [2.75, 3.05) is 0 Å². The van der Waals surface area contributed by atoms with Crippen LogP contribution in [0.3, 0.4) is 0 Å². The fraction of sp³-hybridized carbons (Fsp3) is 0.583. The number of rotatable bonds is 3. The Kier molecular flexibility index (Phi) is 4.79. The lowest BCUT2D eigenvalue weighted by atomic mass is 9.86. The highest BCUT2D eigenvalue weighted by molar-refractivity contribution is 7.89. The Labute approximate surface area is 125 Å². The Hall–Kier alpha value is -0.860. The topological polar surface area (TPSA) is 59.1 Å². The molecule has 0 saturated heterocycles. The average molecular weight is 343 g/mol. The quantitative estimate of drug-likeness (QED) is 0.858. The van der Waals surface area contributed by atoms with Gasteiger partial charge in [-0.2, -0.15) is 13.2 Å². The first kappa shape index (κ1) is 16.5. The number of aromatic nitrogens is 1. The van der Waals surface area contributed by atoms with Crippen molar-refractivity contribution >= 4 is 21.6 Å². The molecule has 1 aliphatic carbocycles. The van der Waals surface area contributed by atoms with Gasteiger partial charge in [-0.05, 0) is 37.8 Å². The summed E-state index contributed by atoms with van der Waals surface area (Å²) in [6.07, 6.45) is -2.73. The maximum atomic E-state index is 12.6. The van der Waals surface area contributed by atoms with Crippen molar-refractivity contribution in [3.8, 4) is 0 Å². The second-order valence-electron chi connectivity index (χ2n) is 5.03. The SMILES string of the molecule is O=S(=O)(NC1CCC(C(F)(F)F)CC1)c1ccnc(Cl)c1. The van der Waals surface area contributed by atoms with Gasteiger partial charge in [0.2, 0.25) is 10.0 Å². The number of sulfonamides is 1. The number of nitrogens with zero attached hydrogens (tertiary/aromatic N) is 1. The molecule has 2 rings (SSSR count). The number of hydrogen-bond donors (Lipinski definition) is 1. The fourth-order valence-corrected chi connectivity index (χ4v) is 3.93. The van der Waals surface area contributed by atoms with E-state index in [0.717, 1.165) is 0 Å². The van der Waals surface area contributed by atoms with Crippen molar-refractivity contribution in [3.63, 3.8) is 0 Å². The summed E-state index contributed by atoms with van der Waals surface area (Å²) in [5.41, 5.74) is 0.